The third-order valence-corrected chi connectivity index (χ3v) is 1.81. The van der Waals surface area contributed by atoms with Gasteiger partial charge in [0.15, 0.2) is 0 Å². The van der Waals surface area contributed by atoms with Crippen LogP contribution in [0.1, 0.15) is 19.4 Å². The maximum Gasteiger partial charge on any atom is 0.325 e. The molecular formula is C10H15N3O2. The van der Waals surface area contributed by atoms with Gasteiger partial charge in [0, 0.05) is 12.4 Å². The molecule has 0 fully saturated rings. The fourth-order valence-corrected chi connectivity index (χ4v) is 0.992. The third kappa shape index (κ3) is 3.93. The predicted octanol–water partition coefficient (Wildman–Crippen LogP) is 1.01. The van der Waals surface area contributed by atoms with E-state index in [1.165, 1.54) is 0 Å². The Morgan fingerprint density at radius 3 is 2.60 bits per heavy atom. The molecule has 0 spiro atoms. The average Bonchev–Trinajstić information content (AvgIpc) is 2.27. The van der Waals surface area contributed by atoms with E-state index in [-0.39, 0.29) is 12.5 Å². The Balaban J connectivity index is 2.40. The van der Waals surface area contributed by atoms with Crippen LogP contribution in [-0.2, 0) is 16.0 Å². The summed E-state index contributed by atoms with van der Waals surface area (Å²) in [5.74, 6) is 0.140. The number of hydrogen-bond donors (Lipinski definition) is 1. The van der Waals surface area contributed by atoms with Crippen molar-refractivity contribution in [2.45, 2.75) is 20.3 Å². The second kappa shape index (κ2) is 5.95. The van der Waals surface area contributed by atoms with Gasteiger partial charge in [-0.1, -0.05) is 6.92 Å². The normalized spacial score (nSPS) is 9.73. The van der Waals surface area contributed by atoms with Crippen molar-refractivity contribution in [3.63, 3.8) is 0 Å². The Morgan fingerprint density at radius 1 is 1.40 bits per heavy atom. The Morgan fingerprint density at radius 2 is 2.07 bits per heavy atom. The highest BCUT2D eigenvalue weighted by Gasteiger charge is 2.02. The molecule has 0 saturated heterocycles. The summed E-state index contributed by atoms with van der Waals surface area (Å²) in [5, 5.41) is 2.78. The topological polar surface area (TPSA) is 64.1 Å². The van der Waals surface area contributed by atoms with E-state index in [0.717, 1.165) is 12.0 Å². The number of hydrogen-bond acceptors (Lipinski definition) is 5. The molecule has 0 bridgehead atoms. The largest absolute Gasteiger partial charge is 0.465 e. The van der Waals surface area contributed by atoms with Gasteiger partial charge in [0.05, 0.1) is 6.61 Å². The van der Waals surface area contributed by atoms with E-state index in [4.69, 9.17) is 4.74 Å². The van der Waals surface area contributed by atoms with Crippen molar-refractivity contribution >= 4 is 11.9 Å². The molecule has 5 heteroatoms. The summed E-state index contributed by atoms with van der Waals surface area (Å²) < 4.78 is 4.75. The van der Waals surface area contributed by atoms with Crippen molar-refractivity contribution in [3.05, 3.63) is 18.0 Å². The smallest absolute Gasteiger partial charge is 0.325 e. The van der Waals surface area contributed by atoms with Gasteiger partial charge in [-0.15, -0.1) is 0 Å². The van der Waals surface area contributed by atoms with E-state index in [1.807, 2.05) is 6.92 Å². The maximum atomic E-state index is 11.0. The second-order valence-corrected chi connectivity index (χ2v) is 2.93. The second-order valence-electron chi connectivity index (χ2n) is 2.93. The Labute approximate surface area is 88.9 Å². The molecule has 1 rings (SSSR count). The molecule has 0 atom stereocenters. The molecule has 5 nitrogen and oxygen atoms in total. The van der Waals surface area contributed by atoms with Crippen LogP contribution < -0.4 is 5.32 Å². The zero-order valence-electron chi connectivity index (χ0n) is 8.99. The number of rotatable bonds is 5. The maximum absolute atomic E-state index is 11.0. The Hall–Kier alpha value is -1.65. The van der Waals surface area contributed by atoms with E-state index in [1.54, 1.807) is 19.3 Å². The van der Waals surface area contributed by atoms with Gasteiger partial charge in [-0.25, -0.2) is 9.97 Å². The van der Waals surface area contributed by atoms with Gasteiger partial charge in [-0.3, -0.25) is 4.79 Å². The number of anilines is 1. The minimum atomic E-state index is -0.305. The van der Waals surface area contributed by atoms with Crippen LogP contribution >= 0.6 is 0 Å². The fraction of sp³-hybridized carbons (Fsp3) is 0.500. The fourth-order valence-electron chi connectivity index (χ4n) is 0.992. The summed E-state index contributed by atoms with van der Waals surface area (Å²) in [6.45, 7) is 4.28. The Bertz CT molecular complexity index is 311. The summed E-state index contributed by atoms with van der Waals surface area (Å²) in [4.78, 5) is 19.1. The predicted molar refractivity (Wildman–Crippen MR) is 56.5 cm³/mol. The number of nitrogens with one attached hydrogen (secondary N) is 1. The van der Waals surface area contributed by atoms with Crippen LogP contribution in [0, 0.1) is 0 Å². The summed E-state index contributed by atoms with van der Waals surface area (Å²) in [5.41, 5.74) is 1.07. The molecule has 0 aromatic carbocycles. The number of esters is 1. The molecule has 0 saturated carbocycles. The zero-order valence-corrected chi connectivity index (χ0v) is 8.99. The lowest BCUT2D eigenvalue weighted by atomic mass is 10.3. The first kappa shape index (κ1) is 11.4. The minimum absolute atomic E-state index is 0.0965. The number of carbonyl (C=O) groups excluding carboxylic acids is 1. The first-order valence-electron chi connectivity index (χ1n) is 4.96. The first-order chi connectivity index (χ1) is 7.26. The van der Waals surface area contributed by atoms with Gasteiger partial charge in [-0.2, -0.15) is 0 Å². The minimum Gasteiger partial charge on any atom is -0.465 e. The number of aromatic nitrogens is 2. The number of aryl methyl sites for hydroxylation is 1. The van der Waals surface area contributed by atoms with Gasteiger partial charge >= 0.3 is 5.97 Å². The van der Waals surface area contributed by atoms with E-state index in [0.29, 0.717) is 12.6 Å². The van der Waals surface area contributed by atoms with Crippen molar-refractivity contribution in [1.29, 1.82) is 0 Å². The summed E-state index contributed by atoms with van der Waals surface area (Å²) in [6.07, 6.45) is 4.37. The van der Waals surface area contributed by atoms with Crippen molar-refractivity contribution in [3.8, 4) is 0 Å². The molecule has 1 heterocycles. The summed E-state index contributed by atoms with van der Waals surface area (Å²) in [6, 6.07) is 0. The zero-order chi connectivity index (χ0) is 11.1. The Kier molecular flexibility index (Phi) is 4.53. The van der Waals surface area contributed by atoms with Gasteiger partial charge in [0.1, 0.15) is 6.54 Å². The SMILES string of the molecule is CCOC(=O)CNc1ncc(CC)cn1. The van der Waals surface area contributed by atoms with Crippen LogP contribution in [-0.4, -0.2) is 29.1 Å². The number of carbonyl (C=O) groups is 1. The highest BCUT2D eigenvalue weighted by Crippen LogP contribution is 2.00. The molecular weight excluding hydrogens is 194 g/mol. The van der Waals surface area contributed by atoms with Crippen LogP contribution in [0.15, 0.2) is 12.4 Å². The molecule has 0 aliphatic rings. The van der Waals surface area contributed by atoms with Crippen LogP contribution in [0.3, 0.4) is 0 Å². The molecule has 1 aromatic rings. The van der Waals surface area contributed by atoms with Gasteiger partial charge in [-0.05, 0) is 18.9 Å². The highest BCUT2D eigenvalue weighted by atomic mass is 16.5. The summed E-state index contributed by atoms with van der Waals surface area (Å²) in [7, 11) is 0. The monoisotopic (exact) mass is 209 g/mol. The van der Waals surface area contributed by atoms with Crippen LogP contribution in [0.5, 0.6) is 0 Å². The third-order valence-electron chi connectivity index (χ3n) is 1.81. The molecule has 0 amide bonds. The lowest BCUT2D eigenvalue weighted by Crippen LogP contribution is -2.17. The average molecular weight is 209 g/mol. The number of ether oxygens (including phenoxy) is 1. The molecule has 0 unspecified atom stereocenters. The summed E-state index contributed by atoms with van der Waals surface area (Å²) >= 11 is 0. The molecule has 82 valence electrons. The molecule has 0 radical (unpaired) electrons. The standard InChI is InChI=1S/C10H15N3O2/c1-3-8-5-11-10(12-6-8)13-7-9(14)15-4-2/h5-6H,3-4,7H2,1-2H3,(H,11,12,13). The molecule has 0 aliphatic carbocycles. The van der Waals surface area contributed by atoms with Crippen LogP contribution in [0.2, 0.25) is 0 Å². The van der Waals surface area contributed by atoms with Crippen molar-refractivity contribution < 1.29 is 9.53 Å². The molecule has 1 N–H and O–H groups in total. The van der Waals surface area contributed by atoms with Crippen molar-refractivity contribution in [2.24, 2.45) is 0 Å². The highest BCUT2D eigenvalue weighted by molar-refractivity contribution is 5.74. The molecule has 1 aromatic heterocycles. The van der Waals surface area contributed by atoms with Crippen LogP contribution in [0.4, 0.5) is 5.95 Å². The van der Waals surface area contributed by atoms with Gasteiger partial charge < -0.3 is 10.1 Å². The van der Waals surface area contributed by atoms with Crippen molar-refractivity contribution in [1.82, 2.24) is 9.97 Å². The number of nitrogens with zero attached hydrogens (tertiary/aromatic N) is 2. The molecule has 15 heavy (non-hydrogen) atoms. The first-order valence-corrected chi connectivity index (χ1v) is 4.96. The van der Waals surface area contributed by atoms with Crippen LogP contribution in [0.25, 0.3) is 0 Å². The quantitative estimate of drug-likeness (QED) is 0.733. The van der Waals surface area contributed by atoms with E-state index in [2.05, 4.69) is 15.3 Å². The lowest BCUT2D eigenvalue weighted by Gasteiger charge is -2.04. The molecule has 0 aliphatic heterocycles. The lowest BCUT2D eigenvalue weighted by molar-refractivity contribution is -0.140. The van der Waals surface area contributed by atoms with E-state index >= 15 is 0 Å². The van der Waals surface area contributed by atoms with Gasteiger partial charge in [0.2, 0.25) is 5.95 Å². The van der Waals surface area contributed by atoms with E-state index < -0.39 is 0 Å². The van der Waals surface area contributed by atoms with E-state index in [9.17, 15) is 4.79 Å². The van der Waals surface area contributed by atoms with Gasteiger partial charge in [0.25, 0.3) is 0 Å². The van der Waals surface area contributed by atoms with Crippen molar-refractivity contribution in [2.75, 3.05) is 18.5 Å².